The topological polar surface area (TPSA) is 46.6 Å². The van der Waals surface area contributed by atoms with Gasteiger partial charge in [0.2, 0.25) is 0 Å². The van der Waals surface area contributed by atoms with Gasteiger partial charge in [-0.05, 0) is 22.9 Å². The average molecular weight is 307 g/mol. The summed E-state index contributed by atoms with van der Waals surface area (Å²) >= 11 is 0. The van der Waals surface area contributed by atoms with E-state index in [1.165, 1.54) is 12.0 Å². The number of amides is 1. The van der Waals surface area contributed by atoms with Crippen molar-refractivity contribution in [1.82, 2.24) is 4.90 Å². The van der Waals surface area contributed by atoms with Crippen LogP contribution in [0.15, 0.2) is 48.5 Å². The van der Waals surface area contributed by atoms with Crippen LogP contribution in [0.5, 0.6) is 0 Å². The maximum atomic E-state index is 12.6. The van der Waals surface area contributed by atoms with Crippen LogP contribution in [0.4, 0.5) is 0 Å². The van der Waals surface area contributed by atoms with E-state index in [-0.39, 0.29) is 5.91 Å². The van der Waals surface area contributed by atoms with E-state index in [2.05, 4.69) is 0 Å². The number of carbonyl (C=O) groups excluding carboxylic acids is 2. The number of ether oxygens (including phenoxy) is 1. The average Bonchev–Trinajstić information content (AvgIpc) is 2.58. The third kappa shape index (κ3) is 2.42. The van der Waals surface area contributed by atoms with E-state index in [1.54, 1.807) is 26.2 Å². The largest absolute Gasteiger partial charge is 0.465 e. The molecule has 0 radical (unpaired) electrons. The zero-order chi connectivity index (χ0) is 16.6. The molecule has 4 heteroatoms. The molecule has 23 heavy (non-hydrogen) atoms. The summed E-state index contributed by atoms with van der Waals surface area (Å²) < 4.78 is 4.91. The van der Waals surface area contributed by atoms with Crippen LogP contribution in [0.25, 0.3) is 21.5 Å². The van der Waals surface area contributed by atoms with Crippen molar-refractivity contribution in [3.05, 3.63) is 59.7 Å². The summed E-state index contributed by atoms with van der Waals surface area (Å²) in [5, 5.41) is 3.35. The van der Waals surface area contributed by atoms with Crippen LogP contribution in [0.2, 0.25) is 0 Å². The zero-order valence-electron chi connectivity index (χ0n) is 13.3. The first-order valence-electron chi connectivity index (χ1n) is 7.29. The highest BCUT2D eigenvalue weighted by Gasteiger charge is 2.18. The van der Waals surface area contributed by atoms with Crippen LogP contribution in [-0.2, 0) is 4.74 Å². The van der Waals surface area contributed by atoms with Gasteiger partial charge in [-0.1, -0.05) is 36.4 Å². The molecule has 3 aromatic rings. The van der Waals surface area contributed by atoms with Gasteiger partial charge in [0.1, 0.15) is 0 Å². The minimum atomic E-state index is -0.407. The third-order valence-corrected chi connectivity index (χ3v) is 3.93. The highest BCUT2D eigenvalue weighted by Crippen LogP contribution is 2.31. The number of benzene rings is 3. The van der Waals surface area contributed by atoms with E-state index in [4.69, 9.17) is 4.74 Å². The number of rotatable bonds is 2. The van der Waals surface area contributed by atoms with E-state index >= 15 is 0 Å². The molecule has 0 saturated heterocycles. The quantitative estimate of drug-likeness (QED) is 0.538. The predicted octanol–water partition coefficient (Wildman–Crippen LogP) is 3.48. The molecule has 0 aliphatic carbocycles. The number of fused-ring (bicyclic) bond motifs is 3. The predicted molar refractivity (Wildman–Crippen MR) is 90.8 cm³/mol. The lowest BCUT2D eigenvalue weighted by Crippen LogP contribution is -2.22. The maximum Gasteiger partial charge on any atom is 0.338 e. The van der Waals surface area contributed by atoms with E-state index in [0.717, 1.165) is 21.5 Å². The SMILES string of the molecule is COC(=O)c1cccc2ccc3cccc(C(=O)N(C)C)c3c12. The first-order chi connectivity index (χ1) is 11.0. The molecule has 0 bridgehead atoms. The first-order valence-corrected chi connectivity index (χ1v) is 7.29. The molecule has 3 rings (SSSR count). The van der Waals surface area contributed by atoms with Gasteiger partial charge in [0.15, 0.2) is 0 Å². The summed E-state index contributed by atoms with van der Waals surface area (Å²) in [6, 6.07) is 15.0. The molecule has 4 nitrogen and oxygen atoms in total. The Bertz CT molecular complexity index is 928. The van der Waals surface area contributed by atoms with Gasteiger partial charge in [-0.3, -0.25) is 4.79 Å². The summed E-state index contributed by atoms with van der Waals surface area (Å²) in [6.45, 7) is 0. The molecule has 0 aliphatic heterocycles. The summed E-state index contributed by atoms with van der Waals surface area (Å²) in [7, 11) is 4.79. The minimum absolute atomic E-state index is 0.0947. The van der Waals surface area contributed by atoms with Crippen LogP contribution in [-0.4, -0.2) is 38.0 Å². The summed E-state index contributed by atoms with van der Waals surface area (Å²) in [4.78, 5) is 26.3. The van der Waals surface area contributed by atoms with Gasteiger partial charge in [0.25, 0.3) is 5.91 Å². The molecular weight excluding hydrogens is 290 g/mol. The molecular formula is C19H17NO3. The Morgan fingerprint density at radius 1 is 0.826 bits per heavy atom. The molecule has 0 fully saturated rings. The van der Waals surface area contributed by atoms with Crippen molar-refractivity contribution in [1.29, 1.82) is 0 Å². The van der Waals surface area contributed by atoms with Crippen LogP contribution in [0, 0.1) is 0 Å². The van der Waals surface area contributed by atoms with Crippen molar-refractivity contribution >= 4 is 33.4 Å². The highest BCUT2D eigenvalue weighted by atomic mass is 16.5. The van der Waals surface area contributed by atoms with Gasteiger partial charge in [-0.25, -0.2) is 4.79 Å². The van der Waals surface area contributed by atoms with Gasteiger partial charge in [0.05, 0.1) is 12.7 Å². The number of hydrogen-bond donors (Lipinski definition) is 0. The number of methoxy groups -OCH3 is 1. The Kier molecular flexibility index (Phi) is 3.74. The van der Waals surface area contributed by atoms with Crippen molar-refractivity contribution in [2.24, 2.45) is 0 Å². The molecule has 0 aliphatic rings. The van der Waals surface area contributed by atoms with Gasteiger partial charge < -0.3 is 9.64 Å². The van der Waals surface area contributed by atoms with Gasteiger partial charge in [-0.15, -0.1) is 0 Å². The molecule has 1 amide bonds. The fourth-order valence-corrected chi connectivity index (χ4v) is 2.85. The van der Waals surface area contributed by atoms with Crippen molar-refractivity contribution in [3.8, 4) is 0 Å². The van der Waals surface area contributed by atoms with Gasteiger partial charge in [-0.2, -0.15) is 0 Å². The van der Waals surface area contributed by atoms with Crippen LogP contribution in [0.1, 0.15) is 20.7 Å². The lowest BCUT2D eigenvalue weighted by atomic mass is 9.94. The highest BCUT2D eigenvalue weighted by molar-refractivity contribution is 6.22. The number of nitrogens with zero attached hydrogens (tertiary/aromatic N) is 1. The Hall–Kier alpha value is -2.88. The van der Waals surface area contributed by atoms with E-state index in [0.29, 0.717) is 11.1 Å². The summed E-state index contributed by atoms with van der Waals surface area (Å²) in [5.74, 6) is -0.502. The van der Waals surface area contributed by atoms with Crippen LogP contribution < -0.4 is 0 Å². The molecule has 3 aromatic carbocycles. The van der Waals surface area contributed by atoms with Crippen LogP contribution in [0.3, 0.4) is 0 Å². The monoisotopic (exact) mass is 307 g/mol. The van der Waals surface area contributed by atoms with Crippen molar-refractivity contribution in [2.45, 2.75) is 0 Å². The Labute approximate surface area is 134 Å². The van der Waals surface area contributed by atoms with E-state index < -0.39 is 5.97 Å². The van der Waals surface area contributed by atoms with Gasteiger partial charge in [0, 0.05) is 30.4 Å². The molecule has 116 valence electrons. The Morgan fingerprint density at radius 2 is 1.35 bits per heavy atom. The normalized spacial score (nSPS) is 10.7. The first kappa shape index (κ1) is 15.0. The number of hydrogen-bond acceptors (Lipinski definition) is 3. The lowest BCUT2D eigenvalue weighted by Gasteiger charge is -2.15. The smallest absolute Gasteiger partial charge is 0.338 e. The lowest BCUT2D eigenvalue weighted by molar-refractivity contribution is 0.0602. The standard InChI is InChI=1S/C19H17NO3/c1-20(2)18(21)14-8-4-6-12-10-11-13-7-5-9-15(19(22)23-3)17(13)16(12)14/h4-11H,1-3H3. The Balaban J connectivity index is 2.50. The number of esters is 1. The fraction of sp³-hybridized carbons (Fsp3) is 0.158. The second-order valence-electron chi connectivity index (χ2n) is 5.56. The van der Waals surface area contributed by atoms with E-state index in [1.807, 2.05) is 36.4 Å². The third-order valence-electron chi connectivity index (χ3n) is 3.93. The molecule has 0 spiro atoms. The van der Waals surface area contributed by atoms with Crippen molar-refractivity contribution in [2.75, 3.05) is 21.2 Å². The van der Waals surface area contributed by atoms with E-state index in [9.17, 15) is 9.59 Å². The minimum Gasteiger partial charge on any atom is -0.465 e. The summed E-state index contributed by atoms with van der Waals surface area (Å²) in [5.41, 5.74) is 1.05. The molecule has 0 saturated carbocycles. The second kappa shape index (κ2) is 5.72. The van der Waals surface area contributed by atoms with Gasteiger partial charge >= 0.3 is 5.97 Å². The Morgan fingerprint density at radius 3 is 1.87 bits per heavy atom. The zero-order valence-corrected chi connectivity index (χ0v) is 13.3. The molecule has 0 unspecified atom stereocenters. The molecule has 0 aromatic heterocycles. The molecule has 0 heterocycles. The van der Waals surface area contributed by atoms with Crippen molar-refractivity contribution in [3.63, 3.8) is 0 Å². The van der Waals surface area contributed by atoms with Crippen LogP contribution >= 0.6 is 0 Å². The molecule has 0 N–H and O–H groups in total. The fourth-order valence-electron chi connectivity index (χ4n) is 2.85. The summed E-state index contributed by atoms with van der Waals surface area (Å²) in [6.07, 6.45) is 0. The molecule has 0 atom stereocenters. The van der Waals surface area contributed by atoms with Crippen molar-refractivity contribution < 1.29 is 14.3 Å². The second-order valence-corrected chi connectivity index (χ2v) is 5.56. The number of carbonyl (C=O) groups is 2. The maximum absolute atomic E-state index is 12.6.